The Balaban J connectivity index is 1.69. The predicted octanol–water partition coefficient (Wildman–Crippen LogP) is 4.14. The fraction of sp³-hybridized carbons (Fsp3) is 0.261. The van der Waals surface area contributed by atoms with Crippen molar-refractivity contribution < 1.29 is 17.6 Å². The van der Waals surface area contributed by atoms with E-state index in [9.17, 15) is 13.2 Å². The van der Waals surface area contributed by atoms with Crippen LogP contribution in [-0.2, 0) is 20.6 Å². The molecule has 0 aliphatic carbocycles. The van der Waals surface area contributed by atoms with Gasteiger partial charge in [0.05, 0.1) is 22.6 Å². The number of rotatable bonds is 10. The number of benzene rings is 2. The van der Waals surface area contributed by atoms with Crippen LogP contribution in [0.15, 0.2) is 76.2 Å². The number of anilines is 1. The minimum atomic E-state index is -3.89. The third-order valence-electron chi connectivity index (χ3n) is 4.79. The van der Waals surface area contributed by atoms with Crippen molar-refractivity contribution in [3.05, 3.63) is 83.8 Å². The molecule has 0 saturated carbocycles. The summed E-state index contributed by atoms with van der Waals surface area (Å²) in [5.41, 5.74) is 2.48. The molecule has 164 valence electrons. The Morgan fingerprint density at radius 3 is 2.48 bits per heavy atom. The molecule has 2 aromatic carbocycles. The molecule has 0 spiro atoms. The van der Waals surface area contributed by atoms with Crippen LogP contribution in [0, 0.1) is 13.8 Å². The van der Waals surface area contributed by atoms with Gasteiger partial charge in [0.2, 0.25) is 5.91 Å². The maximum atomic E-state index is 13.3. The third kappa shape index (κ3) is 6.15. The van der Waals surface area contributed by atoms with Crippen molar-refractivity contribution in [3.63, 3.8) is 0 Å². The number of carbonyl (C=O) groups excluding carboxylic acids is 1. The van der Waals surface area contributed by atoms with Crippen LogP contribution in [0.5, 0.6) is 0 Å². The monoisotopic (exact) mass is 458 g/mol. The summed E-state index contributed by atoms with van der Waals surface area (Å²) >= 11 is 1.63. The van der Waals surface area contributed by atoms with Crippen LogP contribution in [0.3, 0.4) is 0 Å². The number of hydrogen-bond donors (Lipinski definition) is 1. The molecule has 6 nitrogen and oxygen atoms in total. The van der Waals surface area contributed by atoms with Gasteiger partial charge in [-0.25, -0.2) is 8.42 Å². The lowest BCUT2D eigenvalue weighted by molar-refractivity contribution is -0.119. The van der Waals surface area contributed by atoms with Crippen LogP contribution in [0.25, 0.3) is 0 Å². The van der Waals surface area contributed by atoms with Crippen molar-refractivity contribution in [2.45, 2.75) is 24.5 Å². The quantitative estimate of drug-likeness (QED) is 0.462. The molecule has 0 radical (unpaired) electrons. The number of amides is 1. The topological polar surface area (TPSA) is 79.6 Å². The molecular formula is C23H26N2O4S2. The van der Waals surface area contributed by atoms with Gasteiger partial charge < -0.3 is 9.73 Å². The van der Waals surface area contributed by atoms with Crippen LogP contribution in [0.2, 0.25) is 0 Å². The Morgan fingerprint density at radius 1 is 1.03 bits per heavy atom. The summed E-state index contributed by atoms with van der Waals surface area (Å²) in [5, 5.41) is 2.82. The van der Waals surface area contributed by atoms with Crippen molar-refractivity contribution >= 4 is 33.4 Å². The van der Waals surface area contributed by atoms with Crippen molar-refractivity contribution in [2.75, 3.05) is 23.1 Å². The van der Waals surface area contributed by atoms with Gasteiger partial charge in [-0.3, -0.25) is 9.10 Å². The molecule has 31 heavy (non-hydrogen) atoms. The molecule has 8 heteroatoms. The van der Waals surface area contributed by atoms with E-state index in [1.165, 1.54) is 16.4 Å². The molecule has 0 aliphatic rings. The second kappa shape index (κ2) is 10.5. The molecule has 0 aliphatic heterocycles. The first kappa shape index (κ1) is 23.0. The molecule has 0 unspecified atom stereocenters. The molecule has 3 rings (SSSR count). The van der Waals surface area contributed by atoms with E-state index < -0.39 is 10.0 Å². The Hall–Kier alpha value is -2.71. The second-order valence-corrected chi connectivity index (χ2v) is 10.0. The SMILES string of the molecule is Cc1ccc(N(CC(=O)NCCSCc2ccco2)S(=O)(=O)c2ccccc2)cc1C. The summed E-state index contributed by atoms with van der Waals surface area (Å²) in [6.07, 6.45) is 1.63. The van der Waals surface area contributed by atoms with Gasteiger partial charge >= 0.3 is 0 Å². The summed E-state index contributed by atoms with van der Waals surface area (Å²) in [6, 6.07) is 17.3. The lowest BCUT2D eigenvalue weighted by Crippen LogP contribution is -2.41. The van der Waals surface area contributed by atoms with Crippen molar-refractivity contribution in [2.24, 2.45) is 0 Å². The molecule has 0 fully saturated rings. The maximum Gasteiger partial charge on any atom is 0.264 e. The van der Waals surface area contributed by atoms with E-state index in [1.54, 1.807) is 48.4 Å². The molecule has 0 saturated heterocycles. The highest BCUT2D eigenvalue weighted by Crippen LogP contribution is 2.25. The van der Waals surface area contributed by atoms with Crippen molar-refractivity contribution in [3.8, 4) is 0 Å². The highest BCUT2D eigenvalue weighted by atomic mass is 32.2. The molecular weight excluding hydrogens is 432 g/mol. The first-order valence-corrected chi connectivity index (χ1v) is 12.5. The number of furan rings is 1. The van der Waals surface area contributed by atoms with Crippen molar-refractivity contribution in [1.29, 1.82) is 0 Å². The van der Waals surface area contributed by atoms with E-state index in [0.717, 1.165) is 22.6 Å². The van der Waals surface area contributed by atoms with E-state index in [4.69, 9.17) is 4.42 Å². The number of nitrogens with one attached hydrogen (secondary N) is 1. The molecule has 1 amide bonds. The first-order valence-electron chi connectivity index (χ1n) is 9.90. The van der Waals surface area contributed by atoms with Crippen LogP contribution < -0.4 is 9.62 Å². The standard InChI is InChI=1S/C23H26N2O4S2/c1-18-10-11-20(15-19(18)2)25(31(27,28)22-8-4-3-5-9-22)16-23(26)24-12-14-30-17-21-7-6-13-29-21/h3-11,13,15H,12,14,16-17H2,1-2H3,(H,24,26). The maximum absolute atomic E-state index is 13.3. The van der Waals surface area contributed by atoms with E-state index in [-0.39, 0.29) is 17.3 Å². The van der Waals surface area contributed by atoms with Gasteiger partial charge in [0.1, 0.15) is 12.3 Å². The fourth-order valence-electron chi connectivity index (χ4n) is 2.93. The minimum absolute atomic E-state index is 0.148. The van der Waals surface area contributed by atoms with E-state index in [2.05, 4.69) is 5.32 Å². The molecule has 1 aromatic heterocycles. The van der Waals surface area contributed by atoms with Crippen LogP contribution in [0.1, 0.15) is 16.9 Å². The smallest absolute Gasteiger partial charge is 0.264 e. The van der Waals surface area contributed by atoms with Gasteiger partial charge in [-0.15, -0.1) is 0 Å². The largest absolute Gasteiger partial charge is 0.468 e. The Morgan fingerprint density at radius 2 is 1.81 bits per heavy atom. The normalized spacial score (nSPS) is 11.3. The molecule has 0 atom stereocenters. The Labute approximate surface area is 187 Å². The van der Waals surface area contributed by atoms with Gasteiger partial charge in [0.15, 0.2) is 0 Å². The number of thioether (sulfide) groups is 1. The summed E-state index contributed by atoms with van der Waals surface area (Å²) in [7, 11) is -3.89. The van der Waals surface area contributed by atoms with E-state index in [1.807, 2.05) is 32.0 Å². The Kier molecular flexibility index (Phi) is 7.81. The highest BCUT2D eigenvalue weighted by Gasteiger charge is 2.27. The minimum Gasteiger partial charge on any atom is -0.468 e. The summed E-state index contributed by atoms with van der Waals surface area (Å²) < 4.78 is 33.1. The summed E-state index contributed by atoms with van der Waals surface area (Å²) in [4.78, 5) is 12.8. The molecule has 0 bridgehead atoms. The average Bonchev–Trinajstić information content (AvgIpc) is 3.28. The van der Waals surface area contributed by atoms with Gasteiger partial charge in [-0.05, 0) is 61.4 Å². The molecule has 1 N–H and O–H groups in total. The van der Waals surface area contributed by atoms with Crippen LogP contribution in [0.4, 0.5) is 5.69 Å². The average molecular weight is 459 g/mol. The van der Waals surface area contributed by atoms with Gasteiger partial charge in [-0.2, -0.15) is 11.8 Å². The summed E-state index contributed by atoms with van der Waals surface area (Å²) in [6.45, 7) is 4.03. The highest BCUT2D eigenvalue weighted by molar-refractivity contribution is 7.98. The van der Waals surface area contributed by atoms with Crippen LogP contribution >= 0.6 is 11.8 Å². The van der Waals surface area contributed by atoms with Gasteiger partial charge in [-0.1, -0.05) is 24.3 Å². The molecule has 3 aromatic rings. The number of sulfonamides is 1. The summed E-state index contributed by atoms with van der Waals surface area (Å²) in [5.74, 6) is 1.95. The fourth-order valence-corrected chi connectivity index (χ4v) is 5.12. The number of carbonyl (C=O) groups is 1. The van der Waals surface area contributed by atoms with E-state index in [0.29, 0.717) is 18.0 Å². The second-order valence-electron chi connectivity index (χ2n) is 7.08. The lowest BCUT2D eigenvalue weighted by Gasteiger charge is -2.24. The number of nitrogens with zero attached hydrogens (tertiary/aromatic N) is 1. The van der Waals surface area contributed by atoms with Gasteiger partial charge in [0, 0.05) is 12.3 Å². The van der Waals surface area contributed by atoms with E-state index >= 15 is 0 Å². The zero-order chi connectivity index (χ0) is 22.3. The molecule has 1 heterocycles. The zero-order valence-corrected chi connectivity index (χ0v) is 19.2. The first-order chi connectivity index (χ1) is 14.9. The van der Waals surface area contributed by atoms with Gasteiger partial charge in [0.25, 0.3) is 10.0 Å². The number of aryl methyl sites for hydroxylation is 2. The van der Waals surface area contributed by atoms with Crippen molar-refractivity contribution in [1.82, 2.24) is 5.32 Å². The Bertz CT molecular complexity index is 1100. The third-order valence-corrected chi connectivity index (χ3v) is 7.56. The lowest BCUT2D eigenvalue weighted by atomic mass is 10.1. The zero-order valence-electron chi connectivity index (χ0n) is 17.6. The van der Waals surface area contributed by atoms with Crippen LogP contribution in [-0.4, -0.2) is 33.2 Å². The predicted molar refractivity (Wildman–Crippen MR) is 125 cm³/mol. The number of hydrogen-bond acceptors (Lipinski definition) is 5.